The standard InChI is InChI=1S/C19H25FN2O2.C2HF3O2/c20-17-3-1-2-15(8-17)10-22-12-16-11-21(13-18(16)19(22)23)9-14-4-6-24-7-5-14;3-2(4,5)1(6)7/h1-3,8,14,16,18H,4-7,9-13H2;(H,6,7)/t16-,18-;/m0./s1. The van der Waals surface area contributed by atoms with Crippen LogP contribution in [0.25, 0.3) is 0 Å². The zero-order chi connectivity index (χ0) is 22.6. The number of likely N-dealkylation sites (tertiary alicyclic amines) is 2. The molecule has 1 aromatic rings. The van der Waals surface area contributed by atoms with Gasteiger partial charge in [0.25, 0.3) is 0 Å². The van der Waals surface area contributed by atoms with Crippen molar-refractivity contribution >= 4 is 11.9 Å². The molecule has 172 valence electrons. The van der Waals surface area contributed by atoms with Crippen LogP contribution in [0.1, 0.15) is 18.4 Å². The molecule has 1 N–H and O–H groups in total. The number of halogens is 4. The summed E-state index contributed by atoms with van der Waals surface area (Å²) in [6, 6.07) is 6.57. The molecular formula is C21H26F4N2O4. The third-order valence-electron chi connectivity index (χ3n) is 5.96. The molecule has 0 saturated carbocycles. The van der Waals surface area contributed by atoms with E-state index in [-0.39, 0.29) is 17.6 Å². The predicted octanol–water partition coefficient (Wildman–Crippen LogP) is 2.78. The Balaban J connectivity index is 0.000000339. The highest BCUT2D eigenvalue weighted by molar-refractivity contribution is 5.82. The molecule has 0 aromatic heterocycles. The van der Waals surface area contributed by atoms with Gasteiger partial charge in [-0.3, -0.25) is 4.79 Å². The van der Waals surface area contributed by atoms with Crippen LogP contribution >= 0.6 is 0 Å². The van der Waals surface area contributed by atoms with E-state index in [1.165, 1.54) is 12.1 Å². The van der Waals surface area contributed by atoms with Crippen LogP contribution in [-0.2, 0) is 20.9 Å². The molecular weight excluding hydrogens is 420 g/mol. The molecule has 1 amide bonds. The van der Waals surface area contributed by atoms with Crippen molar-refractivity contribution in [3.05, 3.63) is 35.6 Å². The number of hydrogen-bond acceptors (Lipinski definition) is 4. The minimum Gasteiger partial charge on any atom is -0.475 e. The number of hydrogen-bond donors (Lipinski definition) is 1. The highest BCUT2D eigenvalue weighted by Gasteiger charge is 2.46. The van der Waals surface area contributed by atoms with Crippen molar-refractivity contribution in [3.63, 3.8) is 0 Å². The van der Waals surface area contributed by atoms with Gasteiger partial charge in [-0.15, -0.1) is 0 Å². The number of carbonyl (C=O) groups excluding carboxylic acids is 1. The number of amides is 1. The Morgan fingerprint density at radius 2 is 1.84 bits per heavy atom. The Labute approximate surface area is 177 Å². The first-order valence-corrected chi connectivity index (χ1v) is 10.3. The second kappa shape index (κ2) is 9.95. The first-order valence-electron chi connectivity index (χ1n) is 10.3. The Hall–Kier alpha value is -2.20. The molecule has 3 aliphatic rings. The Kier molecular flexibility index (Phi) is 7.53. The molecule has 3 saturated heterocycles. The third kappa shape index (κ3) is 6.39. The normalized spacial score (nSPS) is 24.6. The zero-order valence-electron chi connectivity index (χ0n) is 17.0. The van der Waals surface area contributed by atoms with Gasteiger partial charge in [0.05, 0.1) is 5.92 Å². The number of alkyl halides is 3. The quantitative estimate of drug-likeness (QED) is 0.721. The van der Waals surface area contributed by atoms with E-state index in [9.17, 15) is 22.4 Å². The number of rotatable bonds is 4. The van der Waals surface area contributed by atoms with Crippen LogP contribution in [0.15, 0.2) is 24.3 Å². The number of carboxylic acids is 1. The average Bonchev–Trinajstić information content (AvgIpc) is 3.21. The Bertz CT molecular complexity index is 783. The molecule has 6 nitrogen and oxygen atoms in total. The van der Waals surface area contributed by atoms with Gasteiger partial charge in [0.2, 0.25) is 5.91 Å². The van der Waals surface area contributed by atoms with Crippen molar-refractivity contribution in [2.45, 2.75) is 25.6 Å². The van der Waals surface area contributed by atoms with Crippen molar-refractivity contribution in [1.29, 1.82) is 0 Å². The SMILES string of the molecule is O=C(O)C(F)(F)F.O=C1[C@H]2CN(CC3CCOCC3)C[C@H]2CN1Cc1cccc(F)c1. The number of aliphatic carboxylic acids is 1. The van der Waals surface area contributed by atoms with Gasteiger partial charge in [-0.25, -0.2) is 9.18 Å². The second-order valence-electron chi connectivity index (χ2n) is 8.29. The molecule has 3 fully saturated rings. The summed E-state index contributed by atoms with van der Waals surface area (Å²) in [6.07, 6.45) is -2.79. The fourth-order valence-electron chi connectivity index (χ4n) is 4.47. The molecule has 0 bridgehead atoms. The zero-order valence-corrected chi connectivity index (χ0v) is 17.0. The molecule has 0 spiro atoms. The lowest BCUT2D eigenvalue weighted by molar-refractivity contribution is -0.192. The molecule has 0 aliphatic carbocycles. The summed E-state index contributed by atoms with van der Waals surface area (Å²) in [5, 5.41) is 7.12. The van der Waals surface area contributed by atoms with Gasteiger partial charge in [0, 0.05) is 51.9 Å². The molecule has 3 heterocycles. The Morgan fingerprint density at radius 3 is 2.42 bits per heavy atom. The third-order valence-corrected chi connectivity index (χ3v) is 5.96. The molecule has 0 unspecified atom stereocenters. The number of nitrogens with zero attached hydrogens (tertiary/aromatic N) is 2. The van der Waals surface area contributed by atoms with Gasteiger partial charge in [0.1, 0.15) is 5.82 Å². The molecule has 0 radical (unpaired) electrons. The molecule has 3 aliphatic heterocycles. The van der Waals surface area contributed by atoms with Gasteiger partial charge in [-0.05, 0) is 36.5 Å². The van der Waals surface area contributed by atoms with Crippen molar-refractivity contribution in [2.75, 3.05) is 39.4 Å². The van der Waals surface area contributed by atoms with Crippen LogP contribution in [-0.4, -0.2) is 72.4 Å². The molecule has 1 aromatic carbocycles. The average molecular weight is 446 g/mol. The fourth-order valence-corrected chi connectivity index (χ4v) is 4.47. The number of carbonyl (C=O) groups is 2. The maximum absolute atomic E-state index is 13.3. The summed E-state index contributed by atoms with van der Waals surface area (Å²) < 4.78 is 50.5. The number of benzene rings is 1. The van der Waals surface area contributed by atoms with Crippen molar-refractivity contribution < 1.29 is 37.0 Å². The van der Waals surface area contributed by atoms with Crippen molar-refractivity contribution in [1.82, 2.24) is 9.80 Å². The maximum Gasteiger partial charge on any atom is 0.490 e. The number of carboxylic acid groups (broad SMARTS) is 1. The van der Waals surface area contributed by atoms with E-state index in [0.717, 1.165) is 63.7 Å². The van der Waals surface area contributed by atoms with Gasteiger partial charge in [0.15, 0.2) is 0 Å². The lowest BCUT2D eigenvalue weighted by Gasteiger charge is -2.28. The summed E-state index contributed by atoms with van der Waals surface area (Å²) in [5.74, 6) is -1.45. The second-order valence-corrected chi connectivity index (χ2v) is 8.29. The highest BCUT2D eigenvalue weighted by atomic mass is 19.4. The summed E-state index contributed by atoms with van der Waals surface area (Å²) >= 11 is 0. The lowest BCUT2D eigenvalue weighted by atomic mass is 10.00. The van der Waals surface area contributed by atoms with E-state index in [1.807, 2.05) is 11.0 Å². The van der Waals surface area contributed by atoms with Gasteiger partial charge in [-0.1, -0.05) is 12.1 Å². The van der Waals surface area contributed by atoms with Gasteiger partial charge in [-0.2, -0.15) is 13.2 Å². The minimum atomic E-state index is -5.08. The van der Waals surface area contributed by atoms with Crippen LogP contribution in [0.3, 0.4) is 0 Å². The fraction of sp³-hybridized carbons (Fsp3) is 0.619. The van der Waals surface area contributed by atoms with Crippen LogP contribution in [0.5, 0.6) is 0 Å². The van der Waals surface area contributed by atoms with Crippen LogP contribution in [0.4, 0.5) is 17.6 Å². The largest absolute Gasteiger partial charge is 0.490 e. The first kappa shape index (κ1) is 23.5. The van der Waals surface area contributed by atoms with Crippen LogP contribution in [0, 0.1) is 23.6 Å². The maximum atomic E-state index is 13.3. The molecule has 10 heteroatoms. The summed E-state index contributed by atoms with van der Waals surface area (Å²) in [4.78, 5) is 26.0. The molecule has 4 rings (SSSR count). The monoisotopic (exact) mass is 446 g/mol. The van der Waals surface area contributed by atoms with E-state index in [4.69, 9.17) is 14.6 Å². The van der Waals surface area contributed by atoms with E-state index in [0.29, 0.717) is 12.5 Å². The summed E-state index contributed by atoms with van der Waals surface area (Å²) in [6.45, 7) is 6.12. The van der Waals surface area contributed by atoms with E-state index in [1.54, 1.807) is 6.07 Å². The van der Waals surface area contributed by atoms with Crippen LogP contribution in [0.2, 0.25) is 0 Å². The van der Waals surface area contributed by atoms with Gasteiger partial charge >= 0.3 is 12.1 Å². The molecule has 31 heavy (non-hydrogen) atoms. The summed E-state index contributed by atoms with van der Waals surface area (Å²) in [5.41, 5.74) is 0.877. The number of fused-ring (bicyclic) bond motifs is 1. The van der Waals surface area contributed by atoms with Gasteiger partial charge < -0.3 is 19.6 Å². The van der Waals surface area contributed by atoms with Crippen LogP contribution < -0.4 is 0 Å². The number of ether oxygens (including phenoxy) is 1. The van der Waals surface area contributed by atoms with E-state index >= 15 is 0 Å². The smallest absolute Gasteiger partial charge is 0.475 e. The first-order chi connectivity index (χ1) is 14.6. The molecule has 2 atom stereocenters. The minimum absolute atomic E-state index is 0.137. The topological polar surface area (TPSA) is 70.1 Å². The van der Waals surface area contributed by atoms with E-state index < -0.39 is 12.1 Å². The predicted molar refractivity (Wildman–Crippen MR) is 102 cm³/mol. The Morgan fingerprint density at radius 1 is 1.16 bits per heavy atom. The van der Waals surface area contributed by atoms with Crippen molar-refractivity contribution in [3.8, 4) is 0 Å². The van der Waals surface area contributed by atoms with Crippen molar-refractivity contribution in [2.24, 2.45) is 17.8 Å². The summed E-state index contributed by atoms with van der Waals surface area (Å²) in [7, 11) is 0. The lowest BCUT2D eigenvalue weighted by Crippen LogP contribution is -2.35. The highest BCUT2D eigenvalue weighted by Crippen LogP contribution is 2.34. The van der Waals surface area contributed by atoms with E-state index in [2.05, 4.69) is 4.90 Å².